The molecule has 3 aromatic carbocycles. The van der Waals surface area contributed by atoms with Crippen LogP contribution in [-0.4, -0.2) is 39.7 Å². The van der Waals surface area contributed by atoms with Crippen molar-refractivity contribution in [3.05, 3.63) is 78.4 Å². The molecule has 0 aromatic heterocycles. The molecule has 0 spiro atoms. The molecule has 0 saturated carbocycles. The van der Waals surface area contributed by atoms with Gasteiger partial charge in [-0.1, -0.05) is 36.4 Å². The van der Waals surface area contributed by atoms with Gasteiger partial charge in [0.05, 0.1) is 33.6 Å². The molecule has 172 valence electrons. The Kier molecular flexibility index (Phi) is 8.96. The number of hydrogen-bond donors (Lipinski definition) is 2. The van der Waals surface area contributed by atoms with E-state index in [1.807, 2.05) is 54.6 Å². The first-order valence-electron chi connectivity index (χ1n) is 10.4. The van der Waals surface area contributed by atoms with Crippen molar-refractivity contribution >= 4 is 17.9 Å². The minimum Gasteiger partial charge on any atom is -0.493 e. The number of nitrogens with one attached hydrogen (secondary N) is 2. The number of carbonyl (C=O) groups excluding carboxylic acids is 1. The molecule has 33 heavy (non-hydrogen) atoms. The van der Waals surface area contributed by atoms with Gasteiger partial charge in [0, 0.05) is 17.7 Å². The monoisotopic (exact) mass is 449 g/mol. The summed E-state index contributed by atoms with van der Waals surface area (Å²) in [7, 11) is 3.18. The summed E-state index contributed by atoms with van der Waals surface area (Å²) in [5, 5.41) is 6.71. The maximum atomic E-state index is 12.0. The van der Waals surface area contributed by atoms with Crippen LogP contribution in [0.25, 0.3) is 0 Å². The molecule has 0 saturated heterocycles. The number of urea groups is 1. The zero-order valence-corrected chi connectivity index (χ0v) is 18.6. The largest absolute Gasteiger partial charge is 0.493 e. The molecule has 0 atom stereocenters. The van der Waals surface area contributed by atoms with Crippen molar-refractivity contribution in [2.45, 2.75) is 6.42 Å². The van der Waals surface area contributed by atoms with Gasteiger partial charge in [0.15, 0.2) is 23.0 Å². The molecule has 3 rings (SSSR count). The van der Waals surface area contributed by atoms with Gasteiger partial charge in [-0.15, -0.1) is 0 Å². The van der Waals surface area contributed by atoms with Crippen LogP contribution >= 0.6 is 0 Å². The summed E-state index contributed by atoms with van der Waals surface area (Å²) in [4.78, 5) is 12.0. The normalized spacial score (nSPS) is 10.5. The number of anilines is 1. The maximum Gasteiger partial charge on any atom is 0.339 e. The first-order valence-corrected chi connectivity index (χ1v) is 10.4. The third kappa shape index (κ3) is 7.17. The van der Waals surface area contributed by atoms with E-state index in [4.69, 9.17) is 18.9 Å². The molecule has 2 N–H and O–H groups in total. The van der Waals surface area contributed by atoms with Crippen LogP contribution in [0.15, 0.2) is 77.9 Å². The van der Waals surface area contributed by atoms with E-state index < -0.39 is 6.03 Å². The first-order chi connectivity index (χ1) is 16.2. The van der Waals surface area contributed by atoms with Crippen LogP contribution in [-0.2, 0) is 0 Å². The summed E-state index contributed by atoms with van der Waals surface area (Å²) in [5.74, 6) is 2.47. The lowest BCUT2D eigenvalue weighted by Crippen LogP contribution is -2.24. The molecule has 2 amide bonds. The van der Waals surface area contributed by atoms with E-state index in [2.05, 4.69) is 15.8 Å². The maximum absolute atomic E-state index is 12.0. The predicted octanol–water partition coefficient (Wildman–Crippen LogP) is 4.71. The van der Waals surface area contributed by atoms with Crippen molar-refractivity contribution in [1.29, 1.82) is 0 Å². The highest BCUT2D eigenvalue weighted by atomic mass is 16.5. The number of ether oxygens (including phenoxy) is 4. The molecule has 8 nitrogen and oxygen atoms in total. The second-order valence-corrected chi connectivity index (χ2v) is 6.77. The molecule has 0 aliphatic carbocycles. The van der Waals surface area contributed by atoms with E-state index in [1.165, 1.54) is 6.21 Å². The van der Waals surface area contributed by atoms with Gasteiger partial charge in [0.2, 0.25) is 0 Å². The molecule has 3 aromatic rings. The van der Waals surface area contributed by atoms with Crippen LogP contribution < -0.4 is 29.7 Å². The molecule has 0 aliphatic rings. The van der Waals surface area contributed by atoms with Crippen molar-refractivity contribution in [3.8, 4) is 23.0 Å². The van der Waals surface area contributed by atoms with Crippen molar-refractivity contribution in [1.82, 2.24) is 5.43 Å². The summed E-state index contributed by atoms with van der Waals surface area (Å²) in [6, 6.07) is 21.6. The van der Waals surface area contributed by atoms with E-state index in [0.717, 1.165) is 0 Å². The van der Waals surface area contributed by atoms with Gasteiger partial charge in [-0.3, -0.25) is 0 Å². The van der Waals surface area contributed by atoms with E-state index in [0.29, 0.717) is 53.9 Å². The van der Waals surface area contributed by atoms with E-state index in [1.54, 1.807) is 32.4 Å². The van der Waals surface area contributed by atoms with E-state index in [9.17, 15) is 4.79 Å². The lowest BCUT2D eigenvalue weighted by atomic mass is 10.2. The number of methoxy groups -OCH3 is 2. The lowest BCUT2D eigenvalue weighted by Gasteiger charge is -2.14. The Bertz CT molecular complexity index is 1060. The number of hydrogen-bond acceptors (Lipinski definition) is 6. The number of benzene rings is 3. The summed E-state index contributed by atoms with van der Waals surface area (Å²) in [5.41, 5.74) is 3.78. The Morgan fingerprint density at radius 1 is 0.818 bits per heavy atom. The Balaban J connectivity index is 1.53. The SMILES string of the molecule is COc1ccccc1OCCCOc1c(/C=N\NC(=O)Nc2ccccc2)cccc1OC. The van der Waals surface area contributed by atoms with Gasteiger partial charge >= 0.3 is 6.03 Å². The topological polar surface area (TPSA) is 90.4 Å². The Morgan fingerprint density at radius 2 is 1.48 bits per heavy atom. The molecule has 0 unspecified atom stereocenters. The van der Waals surface area contributed by atoms with Crippen molar-refractivity contribution in [2.24, 2.45) is 5.10 Å². The highest BCUT2D eigenvalue weighted by Crippen LogP contribution is 2.30. The summed E-state index contributed by atoms with van der Waals surface area (Å²) < 4.78 is 22.4. The van der Waals surface area contributed by atoms with Crippen LogP contribution in [0.1, 0.15) is 12.0 Å². The zero-order chi connectivity index (χ0) is 23.3. The Hall–Kier alpha value is -4.20. The Labute approximate surface area is 193 Å². The fourth-order valence-corrected chi connectivity index (χ4v) is 2.94. The standard InChI is InChI=1S/C25H27N3O5/c1-30-21-13-6-7-14-22(21)32-16-9-17-33-24-19(10-8-15-23(24)31-2)18-26-28-25(29)27-20-11-4-3-5-12-20/h3-8,10-15,18H,9,16-17H2,1-2H3,(H2,27,28,29)/b26-18-. The summed E-state index contributed by atoms with van der Waals surface area (Å²) >= 11 is 0. The molecular weight excluding hydrogens is 422 g/mol. The minimum atomic E-state index is -0.448. The van der Waals surface area contributed by atoms with Crippen LogP contribution in [0.3, 0.4) is 0 Å². The minimum absolute atomic E-state index is 0.401. The molecular formula is C25H27N3O5. The average Bonchev–Trinajstić information content (AvgIpc) is 2.85. The highest BCUT2D eigenvalue weighted by Gasteiger charge is 2.10. The number of carbonyl (C=O) groups is 1. The summed E-state index contributed by atoms with van der Waals surface area (Å²) in [6.07, 6.45) is 2.15. The molecule has 0 fully saturated rings. The third-order valence-electron chi connectivity index (χ3n) is 4.49. The quantitative estimate of drug-likeness (QED) is 0.251. The fraction of sp³-hybridized carbons (Fsp3) is 0.200. The van der Waals surface area contributed by atoms with E-state index >= 15 is 0 Å². The van der Waals surface area contributed by atoms with Crippen molar-refractivity contribution < 1.29 is 23.7 Å². The van der Waals surface area contributed by atoms with Gasteiger partial charge < -0.3 is 24.3 Å². The number of para-hydroxylation sites is 4. The second-order valence-electron chi connectivity index (χ2n) is 6.77. The number of nitrogens with zero attached hydrogens (tertiary/aromatic N) is 1. The van der Waals surface area contributed by atoms with Crippen molar-refractivity contribution in [2.75, 3.05) is 32.8 Å². The highest BCUT2D eigenvalue weighted by molar-refractivity contribution is 5.91. The molecule has 0 bridgehead atoms. The predicted molar refractivity (Wildman–Crippen MR) is 128 cm³/mol. The smallest absolute Gasteiger partial charge is 0.339 e. The van der Waals surface area contributed by atoms with Crippen LogP contribution in [0.2, 0.25) is 0 Å². The summed E-state index contributed by atoms with van der Waals surface area (Å²) in [6.45, 7) is 0.860. The molecule has 0 radical (unpaired) electrons. The van der Waals surface area contributed by atoms with Crippen LogP contribution in [0.4, 0.5) is 10.5 Å². The number of hydrazone groups is 1. The zero-order valence-electron chi connectivity index (χ0n) is 18.6. The van der Waals surface area contributed by atoms with Gasteiger partial charge in [0.25, 0.3) is 0 Å². The second kappa shape index (κ2) is 12.6. The number of rotatable bonds is 11. The first kappa shape index (κ1) is 23.5. The van der Waals surface area contributed by atoms with Gasteiger partial charge in [0.1, 0.15) is 0 Å². The van der Waals surface area contributed by atoms with E-state index in [-0.39, 0.29) is 0 Å². The third-order valence-corrected chi connectivity index (χ3v) is 4.49. The molecule has 0 heterocycles. The van der Waals surface area contributed by atoms with Gasteiger partial charge in [-0.2, -0.15) is 5.10 Å². The fourth-order valence-electron chi connectivity index (χ4n) is 2.94. The van der Waals surface area contributed by atoms with Crippen molar-refractivity contribution in [3.63, 3.8) is 0 Å². The lowest BCUT2D eigenvalue weighted by molar-refractivity contribution is 0.234. The molecule has 0 aliphatic heterocycles. The molecule has 8 heteroatoms. The van der Waals surface area contributed by atoms with Crippen LogP contribution in [0.5, 0.6) is 23.0 Å². The average molecular weight is 450 g/mol. The van der Waals surface area contributed by atoms with Crippen LogP contribution in [0, 0.1) is 0 Å². The van der Waals surface area contributed by atoms with Gasteiger partial charge in [-0.25, -0.2) is 10.2 Å². The van der Waals surface area contributed by atoms with Gasteiger partial charge in [-0.05, 0) is 36.4 Å². The Morgan fingerprint density at radius 3 is 2.24 bits per heavy atom. The number of amides is 2.